The number of nitrogens with zero attached hydrogens (tertiary/aromatic N) is 1. The van der Waals surface area contributed by atoms with Crippen molar-refractivity contribution in [1.82, 2.24) is 4.90 Å². The molecule has 0 aromatic heterocycles. The number of fused-ring (bicyclic) bond motifs is 1. The lowest BCUT2D eigenvalue weighted by atomic mass is 10.1. The predicted molar refractivity (Wildman–Crippen MR) is 87.3 cm³/mol. The van der Waals surface area contributed by atoms with Gasteiger partial charge < -0.3 is 5.11 Å². The molecule has 1 aliphatic rings. The summed E-state index contributed by atoms with van der Waals surface area (Å²) in [7, 11) is 0. The van der Waals surface area contributed by atoms with Gasteiger partial charge in [0, 0.05) is 19.6 Å². The summed E-state index contributed by atoms with van der Waals surface area (Å²) in [6, 6.07) is 15.8. The first-order chi connectivity index (χ1) is 9.22. The fourth-order valence-corrected chi connectivity index (χ4v) is 2.55. The number of rotatable bonds is 3. The van der Waals surface area contributed by atoms with Gasteiger partial charge in [0.1, 0.15) is 0 Å². The second-order valence-electron chi connectivity index (χ2n) is 4.92. The van der Waals surface area contributed by atoms with E-state index < -0.39 is 5.97 Å². The van der Waals surface area contributed by atoms with Gasteiger partial charge in [-0.2, -0.15) is 0 Å². The summed E-state index contributed by atoms with van der Waals surface area (Å²) in [5.74, 6) is -0.857. The Bertz CT molecular complexity index is 617. The number of halogens is 2. The van der Waals surface area contributed by atoms with Crippen LogP contribution in [0.25, 0.3) is 0 Å². The number of carbonyl (C=O) groups is 1. The molecule has 1 heterocycles. The number of aromatic carboxylic acids is 1. The van der Waals surface area contributed by atoms with Crippen LogP contribution in [0.15, 0.2) is 48.5 Å². The van der Waals surface area contributed by atoms with Crippen LogP contribution < -0.4 is 0 Å². The van der Waals surface area contributed by atoms with E-state index in [0.29, 0.717) is 5.56 Å². The SMILES string of the molecule is Cl.Cl.O=C(O)c1ccc2c(c1)CN(Cc1ccccc1)C2. The Labute approximate surface area is 136 Å². The van der Waals surface area contributed by atoms with Crippen LogP contribution in [0.4, 0.5) is 0 Å². The molecule has 2 aromatic carbocycles. The van der Waals surface area contributed by atoms with Crippen molar-refractivity contribution in [3.05, 3.63) is 70.8 Å². The van der Waals surface area contributed by atoms with Crippen molar-refractivity contribution in [1.29, 1.82) is 0 Å². The zero-order chi connectivity index (χ0) is 13.2. The van der Waals surface area contributed by atoms with E-state index >= 15 is 0 Å². The zero-order valence-electron chi connectivity index (χ0n) is 11.4. The molecule has 0 saturated carbocycles. The molecular formula is C16H17Cl2NO2. The Kier molecular flexibility index (Phi) is 6.21. The van der Waals surface area contributed by atoms with Crippen molar-refractivity contribution in [2.75, 3.05) is 0 Å². The molecule has 3 nitrogen and oxygen atoms in total. The van der Waals surface area contributed by atoms with Crippen molar-refractivity contribution in [2.24, 2.45) is 0 Å². The maximum absolute atomic E-state index is 11.0. The molecular weight excluding hydrogens is 309 g/mol. The van der Waals surface area contributed by atoms with Gasteiger partial charge in [-0.15, -0.1) is 24.8 Å². The van der Waals surface area contributed by atoms with Crippen LogP contribution >= 0.6 is 24.8 Å². The highest BCUT2D eigenvalue weighted by atomic mass is 35.5. The molecule has 1 aliphatic heterocycles. The minimum atomic E-state index is -0.857. The Morgan fingerprint density at radius 3 is 2.33 bits per heavy atom. The molecule has 3 rings (SSSR count). The van der Waals surface area contributed by atoms with Gasteiger partial charge in [-0.05, 0) is 28.8 Å². The first kappa shape index (κ1) is 17.5. The third kappa shape index (κ3) is 3.97. The maximum atomic E-state index is 11.0. The fourth-order valence-electron chi connectivity index (χ4n) is 2.55. The molecule has 0 spiro atoms. The second-order valence-corrected chi connectivity index (χ2v) is 4.92. The van der Waals surface area contributed by atoms with E-state index in [1.807, 2.05) is 24.3 Å². The molecule has 0 fully saturated rings. The fraction of sp³-hybridized carbons (Fsp3) is 0.188. The molecule has 5 heteroatoms. The Morgan fingerprint density at radius 1 is 1.00 bits per heavy atom. The van der Waals surface area contributed by atoms with E-state index in [9.17, 15) is 4.79 Å². The van der Waals surface area contributed by atoms with Crippen LogP contribution in [0.3, 0.4) is 0 Å². The van der Waals surface area contributed by atoms with Crippen LogP contribution in [0.2, 0.25) is 0 Å². The monoisotopic (exact) mass is 325 g/mol. The molecule has 0 saturated heterocycles. The second kappa shape index (κ2) is 7.46. The van der Waals surface area contributed by atoms with Gasteiger partial charge in [-0.3, -0.25) is 4.90 Å². The van der Waals surface area contributed by atoms with E-state index in [1.54, 1.807) is 12.1 Å². The van der Waals surface area contributed by atoms with Crippen LogP contribution in [0.1, 0.15) is 27.0 Å². The predicted octanol–water partition coefficient (Wildman–Crippen LogP) is 3.74. The normalized spacial score (nSPS) is 13.0. The van der Waals surface area contributed by atoms with E-state index in [2.05, 4.69) is 17.0 Å². The van der Waals surface area contributed by atoms with Crippen molar-refractivity contribution >= 4 is 30.8 Å². The number of hydrogen-bond acceptors (Lipinski definition) is 2. The van der Waals surface area contributed by atoms with Gasteiger partial charge in [0.05, 0.1) is 5.56 Å². The highest BCUT2D eigenvalue weighted by Gasteiger charge is 2.20. The van der Waals surface area contributed by atoms with Gasteiger partial charge in [-0.25, -0.2) is 4.79 Å². The summed E-state index contributed by atoms with van der Waals surface area (Å²) in [6.45, 7) is 2.62. The molecule has 1 N–H and O–H groups in total. The summed E-state index contributed by atoms with van der Waals surface area (Å²) in [5.41, 5.74) is 4.03. The molecule has 0 amide bonds. The minimum Gasteiger partial charge on any atom is -0.478 e. The maximum Gasteiger partial charge on any atom is 0.335 e. The highest BCUT2D eigenvalue weighted by Crippen LogP contribution is 2.25. The van der Waals surface area contributed by atoms with Crippen LogP contribution in [-0.2, 0) is 19.6 Å². The van der Waals surface area contributed by atoms with E-state index in [4.69, 9.17) is 5.11 Å². The van der Waals surface area contributed by atoms with Gasteiger partial charge in [0.2, 0.25) is 0 Å². The molecule has 0 radical (unpaired) electrons. The largest absolute Gasteiger partial charge is 0.478 e. The molecule has 112 valence electrons. The van der Waals surface area contributed by atoms with Crippen molar-refractivity contribution in [3.8, 4) is 0 Å². The third-order valence-electron chi connectivity index (χ3n) is 3.49. The van der Waals surface area contributed by atoms with E-state index in [-0.39, 0.29) is 24.8 Å². The quantitative estimate of drug-likeness (QED) is 0.934. The minimum absolute atomic E-state index is 0. The summed E-state index contributed by atoms with van der Waals surface area (Å²) in [6.07, 6.45) is 0. The highest BCUT2D eigenvalue weighted by molar-refractivity contribution is 5.88. The molecule has 0 unspecified atom stereocenters. The molecule has 2 aromatic rings. The summed E-state index contributed by atoms with van der Waals surface area (Å²) >= 11 is 0. The molecule has 0 aliphatic carbocycles. The Hall–Kier alpha value is -1.55. The van der Waals surface area contributed by atoms with Gasteiger partial charge in [0.15, 0.2) is 0 Å². The first-order valence-electron chi connectivity index (χ1n) is 6.34. The summed E-state index contributed by atoms with van der Waals surface area (Å²) in [4.78, 5) is 13.3. The number of carboxylic acid groups (broad SMARTS) is 1. The van der Waals surface area contributed by atoms with Crippen LogP contribution in [0, 0.1) is 0 Å². The van der Waals surface area contributed by atoms with Gasteiger partial charge in [0.25, 0.3) is 0 Å². The molecule has 0 bridgehead atoms. The van der Waals surface area contributed by atoms with Crippen molar-refractivity contribution < 1.29 is 9.90 Å². The number of carboxylic acids is 1. The Balaban J connectivity index is 0.00000110. The topological polar surface area (TPSA) is 40.5 Å². The van der Waals surface area contributed by atoms with Crippen molar-refractivity contribution in [3.63, 3.8) is 0 Å². The lowest BCUT2D eigenvalue weighted by molar-refractivity contribution is 0.0696. The zero-order valence-corrected chi connectivity index (χ0v) is 13.0. The third-order valence-corrected chi connectivity index (χ3v) is 3.49. The smallest absolute Gasteiger partial charge is 0.335 e. The van der Waals surface area contributed by atoms with Crippen molar-refractivity contribution in [2.45, 2.75) is 19.6 Å². The summed E-state index contributed by atoms with van der Waals surface area (Å²) < 4.78 is 0. The van der Waals surface area contributed by atoms with E-state index in [0.717, 1.165) is 25.2 Å². The molecule has 0 atom stereocenters. The lowest BCUT2D eigenvalue weighted by Crippen LogP contribution is -2.15. The van der Waals surface area contributed by atoms with Crippen LogP contribution in [0.5, 0.6) is 0 Å². The molecule has 21 heavy (non-hydrogen) atoms. The van der Waals surface area contributed by atoms with E-state index in [1.165, 1.54) is 11.1 Å². The standard InChI is InChI=1S/C16H15NO2.2ClH/c18-16(19)13-6-7-14-10-17(11-15(14)8-13)9-12-4-2-1-3-5-12;;/h1-8H,9-11H2,(H,18,19);2*1H. The Morgan fingerprint density at radius 2 is 1.67 bits per heavy atom. The lowest BCUT2D eigenvalue weighted by Gasteiger charge is -2.14. The summed E-state index contributed by atoms with van der Waals surface area (Å²) in [5, 5.41) is 9.00. The van der Waals surface area contributed by atoms with Gasteiger partial charge >= 0.3 is 5.97 Å². The number of benzene rings is 2. The van der Waals surface area contributed by atoms with Gasteiger partial charge in [-0.1, -0.05) is 36.4 Å². The average molecular weight is 326 g/mol. The first-order valence-corrected chi connectivity index (χ1v) is 6.34. The number of hydrogen-bond donors (Lipinski definition) is 1. The van der Waals surface area contributed by atoms with Crippen LogP contribution in [-0.4, -0.2) is 16.0 Å². The average Bonchev–Trinajstić information content (AvgIpc) is 2.80.